The Morgan fingerprint density at radius 2 is 1.80 bits per heavy atom. The summed E-state index contributed by atoms with van der Waals surface area (Å²) in [5.74, 6) is -0.489. The Morgan fingerprint density at radius 1 is 1.02 bits per heavy atom. The van der Waals surface area contributed by atoms with Crippen molar-refractivity contribution < 1.29 is 14.4 Å². The first kappa shape index (κ1) is 29.8. The Labute approximate surface area is 254 Å². The number of rotatable bonds is 5. The lowest BCUT2D eigenvalue weighted by Crippen LogP contribution is -2.56. The van der Waals surface area contributed by atoms with Gasteiger partial charge in [-0.25, -0.2) is 4.98 Å². The normalized spacial score (nSPS) is 23.0. The number of likely N-dealkylation sites (N-methyl/N-ethyl adjacent to an activating group) is 1. The maximum absolute atomic E-state index is 13.4. The van der Waals surface area contributed by atoms with Gasteiger partial charge in [-0.1, -0.05) is 11.6 Å². The van der Waals surface area contributed by atoms with Crippen molar-refractivity contribution >= 4 is 64.0 Å². The van der Waals surface area contributed by atoms with Gasteiger partial charge in [0, 0.05) is 65.4 Å². The van der Waals surface area contributed by atoms with Crippen molar-refractivity contribution in [2.24, 2.45) is 5.92 Å². The van der Waals surface area contributed by atoms with Gasteiger partial charge in [0.15, 0.2) is 5.01 Å². The van der Waals surface area contributed by atoms with Gasteiger partial charge in [-0.05, 0) is 69.8 Å². The summed E-state index contributed by atoms with van der Waals surface area (Å²) < 4.78 is 0. The number of hydrogen-bond donors (Lipinski definition) is 3. The van der Waals surface area contributed by atoms with Crippen molar-refractivity contribution in [3.8, 4) is 0 Å². The first-order valence-corrected chi connectivity index (χ1v) is 15.4. The average molecular weight is 620 g/mol. The second-order valence-electron chi connectivity index (χ2n) is 11.3. The fourth-order valence-corrected chi connectivity index (χ4v) is 7.49. The summed E-state index contributed by atoms with van der Waals surface area (Å²) in [7, 11) is 2.07. The first-order valence-electron chi connectivity index (χ1n) is 14.2. The number of H-pyrrole nitrogens is 1. The van der Waals surface area contributed by atoms with E-state index in [1.54, 1.807) is 12.1 Å². The molecule has 41 heavy (non-hydrogen) atoms. The number of thiazole rings is 1. The smallest absolute Gasteiger partial charge is 0.280 e. The van der Waals surface area contributed by atoms with Crippen LogP contribution in [0.15, 0.2) is 24.3 Å². The molecule has 0 spiro atoms. The van der Waals surface area contributed by atoms with Crippen LogP contribution in [0.3, 0.4) is 0 Å². The molecule has 1 saturated heterocycles. The molecule has 9 nitrogen and oxygen atoms in total. The highest BCUT2D eigenvalue weighted by Gasteiger charge is 2.38. The number of hydrogen-bond acceptors (Lipinski definition) is 6. The second kappa shape index (κ2) is 12.7. The fourth-order valence-electron chi connectivity index (χ4n) is 6.22. The van der Waals surface area contributed by atoms with Gasteiger partial charge in [0.2, 0.25) is 5.91 Å². The van der Waals surface area contributed by atoms with Crippen LogP contribution in [0.1, 0.15) is 69.4 Å². The molecule has 2 aliphatic heterocycles. The van der Waals surface area contributed by atoms with E-state index in [1.165, 1.54) is 11.3 Å². The lowest BCUT2D eigenvalue weighted by molar-refractivity contribution is -0.137. The molecule has 3 amide bonds. The molecule has 3 N–H and O–H groups in total. The zero-order valence-corrected chi connectivity index (χ0v) is 25.5. The van der Waals surface area contributed by atoms with E-state index in [0.29, 0.717) is 35.0 Å². The molecule has 220 valence electrons. The van der Waals surface area contributed by atoms with E-state index in [-0.39, 0.29) is 48.1 Å². The summed E-state index contributed by atoms with van der Waals surface area (Å²) in [5.41, 5.74) is 2.26. The molecule has 0 bridgehead atoms. The summed E-state index contributed by atoms with van der Waals surface area (Å²) in [5, 5.41) is 8.22. The molecule has 3 unspecified atom stereocenters. The van der Waals surface area contributed by atoms with Gasteiger partial charge in [0.05, 0.1) is 11.7 Å². The van der Waals surface area contributed by atoms with E-state index < -0.39 is 0 Å². The summed E-state index contributed by atoms with van der Waals surface area (Å²) >= 11 is 7.56. The maximum atomic E-state index is 13.4. The van der Waals surface area contributed by atoms with Crippen LogP contribution in [0.5, 0.6) is 0 Å². The number of aromatic nitrogens is 2. The predicted molar refractivity (Wildman–Crippen MR) is 163 cm³/mol. The van der Waals surface area contributed by atoms with Crippen molar-refractivity contribution in [1.29, 1.82) is 0 Å². The summed E-state index contributed by atoms with van der Waals surface area (Å²) in [6.07, 6.45) is 5.84. The third-order valence-corrected chi connectivity index (χ3v) is 9.76. The zero-order valence-electron chi connectivity index (χ0n) is 23.1. The number of halogens is 2. The number of nitrogens with zero attached hydrogens (tertiary/aromatic N) is 3. The third-order valence-electron chi connectivity index (χ3n) is 8.44. The third kappa shape index (κ3) is 6.56. The molecular weight excluding hydrogens is 583 g/mol. The van der Waals surface area contributed by atoms with Gasteiger partial charge >= 0.3 is 0 Å². The zero-order chi connectivity index (χ0) is 27.8. The van der Waals surface area contributed by atoms with Gasteiger partial charge in [-0.2, -0.15) is 0 Å². The van der Waals surface area contributed by atoms with Crippen molar-refractivity contribution in [1.82, 2.24) is 30.4 Å². The van der Waals surface area contributed by atoms with E-state index >= 15 is 0 Å². The van der Waals surface area contributed by atoms with Crippen LogP contribution in [0, 0.1) is 5.92 Å². The number of likely N-dealkylation sites (tertiary alicyclic amines) is 1. The molecule has 12 heteroatoms. The number of fused-ring (bicyclic) bond motifs is 2. The number of nitrogens with one attached hydrogen (secondary N) is 3. The lowest BCUT2D eigenvalue weighted by Gasteiger charge is -2.38. The monoisotopic (exact) mass is 618 g/mol. The minimum atomic E-state index is -0.383. The molecule has 3 aromatic rings. The Balaban J connectivity index is 0.00000337. The molecule has 3 atom stereocenters. The molecule has 3 aliphatic rings. The topological polar surface area (TPSA) is 110 Å². The van der Waals surface area contributed by atoms with E-state index in [4.69, 9.17) is 11.6 Å². The largest absolute Gasteiger partial charge is 0.351 e. The van der Waals surface area contributed by atoms with Crippen molar-refractivity contribution in [3.63, 3.8) is 0 Å². The summed E-state index contributed by atoms with van der Waals surface area (Å²) in [6.45, 7) is 3.32. The van der Waals surface area contributed by atoms with Gasteiger partial charge in [0.1, 0.15) is 5.69 Å². The molecular formula is C29H36Cl2N6O3S. The molecule has 2 aromatic heterocycles. The van der Waals surface area contributed by atoms with Crippen LogP contribution in [0.2, 0.25) is 5.02 Å². The van der Waals surface area contributed by atoms with Crippen LogP contribution in [-0.4, -0.2) is 76.3 Å². The van der Waals surface area contributed by atoms with Crippen LogP contribution < -0.4 is 10.6 Å². The standard InChI is InChI=1S/C29H35ClN6O3S.ClH/c1-35-12-9-22-25(16-35)40-28(34-22)27(38)33-23-14-17(29(39)36-10-3-2-4-11-36)5-7-21(23)32-26(37)24-15-18-13-19(30)6-8-20(18)31-24;/h6,8,13,15,17,21,23,31H,2-5,7,9-12,14,16H2,1H3,(H,32,37)(H,33,38);1H. The van der Waals surface area contributed by atoms with Gasteiger partial charge in [-0.15, -0.1) is 23.7 Å². The molecule has 0 radical (unpaired) electrons. The van der Waals surface area contributed by atoms with Crippen LogP contribution >= 0.6 is 35.3 Å². The quantitative estimate of drug-likeness (QED) is 0.393. The van der Waals surface area contributed by atoms with Crippen molar-refractivity contribution in [3.05, 3.63) is 50.6 Å². The van der Waals surface area contributed by atoms with Gasteiger partial charge in [-0.3, -0.25) is 14.4 Å². The highest BCUT2D eigenvalue weighted by molar-refractivity contribution is 7.13. The number of aromatic amines is 1. The maximum Gasteiger partial charge on any atom is 0.280 e. The fraction of sp³-hybridized carbons (Fsp3) is 0.517. The number of piperidine rings is 1. The Bertz CT molecular complexity index is 1440. The predicted octanol–water partition coefficient (Wildman–Crippen LogP) is 4.40. The summed E-state index contributed by atoms with van der Waals surface area (Å²) in [4.78, 5) is 53.3. The molecule has 1 aliphatic carbocycles. The van der Waals surface area contributed by atoms with E-state index in [1.807, 2.05) is 17.0 Å². The lowest BCUT2D eigenvalue weighted by atomic mass is 9.81. The van der Waals surface area contributed by atoms with Crippen LogP contribution in [0.4, 0.5) is 0 Å². The molecule has 1 saturated carbocycles. The number of carbonyl (C=O) groups is 3. The van der Waals surface area contributed by atoms with Gasteiger partial charge in [0.25, 0.3) is 11.8 Å². The Hall–Kier alpha value is -2.66. The van der Waals surface area contributed by atoms with Crippen LogP contribution in [0.25, 0.3) is 10.9 Å². The van der Waals surface area contributed by atoms with Crippen molar-refractivity contribution in [2.75, 3.05) is 26.7 Å². The average Bonchev–Trinajstić information content (AvgIpc) is 3.58. The minimum Gasteiger partial charge on any atom is -0.351 e. The van der Waals surface area contributed by atoms with E-state index in [2.05, 4.69) is 32.5 Å². The molecule has 4 heterocycles. The second-order valence-corrected chi connectivity index (χ2v) is 12.9. The van der Waals surface area contributed by atoms with Gasteiger partial charge < -0.3 is 25.4 Å². The number of carbonyl (C=O) groups excluding carboxylic acids is 3. The SMILES string of the molecule is CN1CCc2nc(C(=O)NC3CC(C(=O)N4CCCCC4)CCC3NC(=O)c3cc4cc(Cl)ccc4[nH]3)sc2C1.Cl. The highest BCUT2D eigenvalue weighted by atomic mass is 35.5. The van der Waals surface area contributed by atoms with Crippen molar-refractivity contribution in [2.45, 2.75) is 63.6 Å². The van der Waals surface area contributed by atoms with E-state index in [0.717, 1.165) is 73.3 Å². The minimum absolute atomic E-state index is 0. The Kier molecular flexibility index (Phi) is 9.23. The van der Waals surface area contributed by atoms with E-state index in [9.17, 15) is 14.4 Å². The highest BCUT2D eigenvalue weighted by Crippen LogP contribution is 2.30. The summed E-state index contributed by atoms with van der Waals surface area (Å²) in [6, 6.07) is 6.54. The molecule has 2 fully saturated rings. The molecule has 6 rings (SSSR count). The van der Waals surface area contributed by atoms with Crippen LogP contribution in [-0.2, 0) is 17.8 Å². The number of benzene rings is 1. The Morgan fingerprint density at radius 3 is 2.61 bits per heavy atom. The first-order chi connectivity index (χ1) is 19.3. The molecule has 1 aromatic carbocycles. The number of amides is 3.